The fraction of sp³-hybridized carbons (Fsp3) is 0.294. The highest BCUT2D eigenvalue weighted by molar-refractivity contribution is 7.16. The summed E-state index contributed by atoms with van der Waals surface area (Å²) >= 11 is 1.30. The van der Waals surface area contributed by atoms with Crippen LogP contribution >= 0.6 is 11.3 Å². The van der Waals surface area contributed by atoms with E-state index in [0.29, 0.717) is 29.4 Å². The van der Waals surface area contributed by atoms with E-state index in [1.807, 2.05) is 18.2 Å². The SMILES string of the molecule is COCCc1nn2c(=O)cc(COC(=O)COc3ccccc3)nc2s1. The molecule has 1 aromatic carbocycles. The van der Waals surface area contributed by atoms with Crippen LogP contribution in [0.3, 0.4) is 0 Å². The molecular weight excluding hydrogens is 358 g/mol. The average Bonchev–Trinajstić information content (AvgIpc) is 3.07. The minimum Gasteiger partial charge on any atom is -0.482 e. The van der Waals surface area contributed by atoms with Crippen molar-refractivity contribution in [2.45, 2.75) is 13.0 Å². The molecule has 0 bridgehead atoms. The van der Waals surface area contributed by atoms with Crippen LogP contribution in [0.4, 0.5) is 0 Å². The van der Waals surface area contributed by atoms with Crippen molar-refractivity contribution >= 4 is 22.3 Å². The van der Waals surface area contributed by atoms with E-state index in [0.717, 1.165) is 5.01 Å². The predicted molar refractivity (Wildman–Crippen MR) is 94.4 cm³/mol. The molecule has 26 heavy (non-hydrogen) atoms. The zero-order valence-electron chi connectivity index (χ0n) is 14.1. The molecule has 0 fully saturated rings. The van der Waals surface area contributed by atoms with Gasteiger partial charge >= 0.3 is 5.97 Å². The Balaban J connectivity index is 1.59. The van der Waals surface area contributed by atoms with E-state index >= 15 is 0 Å². The average molecular weight is 375 g/mol. The first kappa shape index (κ1) is 18.0. The van der Waals surface area contributed by atoms with Crippen molar-refractivity contribution in [1.82, 2.24) is 14.6 Å². The molecule has 8 nitrogen and oxygen atoms in total. The van der Waals surface area contributed by atoms with Crippen molar-refractivity contribution in [2.24, 2.45) is 0 Å². The number of aromatic nitrogens is 3. The van der Waals surface area contributed by atoms with Crippen molar-refractivity contribution in [3.63, 3.8) is 0 Å². The van der Waals surface area contributed by atoms with Gasteiger partial charge in [0, 0.05) is 19.6 Å². The molecule has 0 radical (unpaired) electrons. The summed E-state index contributed by atoms with van der Waals surface area (Å²) < 4.78 is 16.7. The number of methoxy groups -OCH3 is 1. The van der Waals surface area contributed by atoms with Crippen LogP contribution in [0.25, 0.3) is 4.96 Å². The summed E-state index contributed by atoms with van der Waals surface area (Å²) in [6.45, 7) is 0.196. The lowest BCUT2D eigenvalue weighted by Crippen LogP contribution is -2.18. The number of hydrogen-bond acceptors (Lipinski definition) is 8. The number of ether oxygens (including phenoxy) is 3. The molecule has 2 heterocycles. The van der Waals surface area contributed by atoms with Gasteiger partial charge in [0.25, 0.3) is 5.56 Å². The minimum absolute atomic E-state index is 0.103. The molecule has 3 aromatic rings. The first-order chi connectivity index (χ1) is 12.7. The number of esters is 1. The molecule has 0 saturated carbocycles. The Kier molecular flexibility index (Phi) is 5.92. The molecule has 0 amide bonds. The highest BCUT2D eigenvalue weighted by Crippen LogP contribution is 2.12. The number of carbonyl (C=O) groups is 1. The van der Waals surface area contributed by atoms with Crippen LogP contribution in [0.5, 0.6) is 5.75 Å². The molecule has 0 aliphatic heterocycles. The smallest absolute Gasteiger partial charge is 0.344 e. The van der Waals surface area contributed by atoms with Gasteiger partial charge < -0.3 is 14.2 Å². The third-order valence-corrected chi connectivity index (χ3v) is 4.31. The number of nitrogens with zero attached hydrogens (tertiary/aromatic N) is 3. The number of benzene rings is 1. The van der Waals surface area contributed by atoms with Crippen molar-refractivity contribution in [2.75, 3.05) is 20.3 Å². The van der Waals surface area contributed by atoms with E-state index in [-0.39, 0.29) is 18.8 Å². The number of fused-ring (bicyclic) bond motifs is 1. The Labute approximate surface area is 153 Å². The van der Waals surface area contributed by atoms with E-state index in [4.69, 9.17) is 14.2 Å². The Morgan fingerprint density at radius 3 is 2.85 bits per heavy atom. The largest absolute Gasteiger partial charge is 0.482 e. The molecule has 0 N–H and O–H groups in total. The highest BCUT2D eigenvalue weighted by atomic mass is 32.1. The topological polar surface area (TPSA) is 92.0 Å². The lowest BCUT2D eigenvalue weighted by molar-refractivity contribution is -0.147. The van der Waals surface area contributed by atoms with Crippen molar-refractivity contribution in [1.29, 1.82) is 0 Å². The van der Waals surface area contributed by atoms with Crippen LogP contribution in [0.1, 0.15) is 10.7 Å². The molecule has 2 aromatic heterocycles. The molecule has 136 valence electrons. The van der Waals surface area contributed by atoms with Crippen LogP contribution in [-0.4, -0.2) is 40.9 Å². The maximum atomic E-state index is 12.1. The van der Waals surface area contributed by atoms with Gasteiger partial charge in [-0.3, -0.25) is 4.79 Å². The van der Waals surface area contributed by atoms with Gasteiger partial charge in [0.05, 0.1) is 12.3 Å². The minimum atomic E-state index is -0.541. The molecule has 0 unspecified atom stereocenters. The molecule has 9 heteroatoms. The van der Waals surface area contributed by atoms with Crippen molar-refractivity contribution in [3.05, 3.63) is 57.5 Å². The summed E-state index contributed by atoms with van der Waals surface area (Å²) in [7, 11) is 1.60. The summed E-state index contributed by atoms with van der Waals surface area (Å²) in [6.07, 6.45) is 0.602. The molecule has 0 saturated heterocycles. The molecular formula is C17H17N3O5S. The van der Waals surface area contributed by atoms with Crippen molar-refractivity contribution < 1.29 is 19.0 Å². The first-order valence-corrected chi connectivity index (χ1v) is 8.68. The Morgan fingerprint density at radius 1 is 1.27 bits per heavy atom. The molecule has 0 aliphatic carbocycles. The number of hydrogen-bond donors (Lipinski definition) is 0. The zero-order chi connectivity index (χ0) is 18.4. The van der Waals surface area contributed by atoms with Crippen LogP contribution in [0, 0.1) is 0 Å². The normalized spacial score (nSPS) is 10.8. The van der Waals surface area contributed by atoms with Gasteiger partial charge in [-0.25, -0.2) is 9.78 Å². The monoisotopic (exact) mass is 375 g/mol. The van der Waals surface area contributed by atoms with Gasteiger partial charge in [0.15, 0.2) is 6.61 Å². The quantitative estimate of drug-likeness (QED) is 0.550. The maximum Gasteiger partial charge on any atom is 0.344 e. The van der Waals surface area contributed by atoms with Crippen LogP contribution in [-0.2, 0) is 27.3 Å². The van der Waals surface area contributed by atoms with Gasteiger partial charge in [-0.1, -0.05) is 29.5 Å². The molecule has 0 atom stereocenters. The van der Waals surface area contributed by atoms with E-state index in [2.05, 4.69) is 10.1 Å². The second-order valence-corrected chi connectivity index (χ2v) is 6.32. The van der Waals surface area contributed by atoms with Crippen LogP contribution in [0.2, 0.25) is 0 Å². The third kappa shape index (κ3) is 4.64. The third-order valence-electron chi connectivity index (χ3n) is 3.34. The zero-order valence-corrected chi connectivity index (χ0v) is 14.9. The molecule has 0 aliphatic rings. The summed E-state index contributed by atoms with van der Waals surface area (Å²) in [4.78, 5) is 28.7. The van der Waals surface area contributed by atoms with E-state index in [1.165, 1.54) is 21.9 Å². The van der Waals surface area contributed by atoms with Gasteiger partial charge in [0.1, 0.15) is 17.4 Å². The second kappa shape index (κ2) is 8.54. The summed E-state index contributed by atoms with van der Waals surface area (Å²) in [5.74, 6) is 0.0384. The fourth-order valence-electron chi connectivity index (χ4n) is 2.12. The van der Waals surface area contributed by atoms with Gasteiger partial charge in [-0.15, -0.1) is 0 Å². The lowest BCUT2D eigenvalue weighted by atomic mass is 10.3. The number of rotatable bonds is 8. The Bertz CT molecular complexity index is 938. The van der Waals surface area contributed by atoms with Gasteiger partial charge in [-0.2, -0.15) is 9.61 Å². The molecule has 0 spiro atoms. The number of carbonyl (C=O) groups excluding carboxylic acids is 1. The summed E-state index contributed by atoms with van der Waals surface area (Å²) in [5, 5.41) is 4.95. The van der Waals surface area contributed by atoms with Gasteiger partial charge in [0.2, 0.25) is 4.96 Å². The number of para-hydroxylation sites is 1. The summed E-state index contributed by atoms with van der Waals surface area (Å²) in [5.41, 5.74) is 0.0477. The second-order valence-electron chi connectivity index (χ2n) is 5.28. The highest BCUT2D eigenvalue weighted by Gasteiger charge is 2.11. The van der Waals surface area contributed by atoms with E-state index < -0.39 is 5.97 Å². The lowest BCUT2D eigenvalue weighted by Gasteiger charge is -2.06. The van der Waals surface area contributed by atoms with E-state index in [1.54, 1.807) is 19.2 Å². The Morgan fingerprint density at radius 2 is 2.08 bits per heavy atom. The predicted octanol–water partition coefficient (Wildman–Crippen LogP) is 1.46. The van der Waals surface area contributed by atoms with Gasteiger partial charge in [-0.05, 0) is 12.1 Å². The van der Waals surface area contributed by atoms with Crippen LogP contribution in [0.15, 0.2) is 41.2 Å². The maximum absolute atomic E-state index is 12.1. The Hall–Kier alpha value is -2.78. The van der Waals surface area contributed by atoms with Crippen molar-refractivity contribution in [3.8, 4) is 5.75 Å². The molecule has 3 rings (SSSR count). The van der Waals surface area contributed by atoms with E-state index in [9.17, 15) is 9.59 Å². The standard InChI is InChI=1S/C17H17N3O5S/c1-23-8-7-14-19-20-15(21)9-12(18-17(20)26-14)10-25-16(22)11-24-13-5-3-2-4-6-13/h2-6,9H,7-8,10-11H2,1H3. The van der Waals surface area contributed by atoms with Crippen LogP contribution < -0.4 is 10.3 Å². The fourth-order valence-corrected chi connectivity index (χ4v) is 3.01. The first-order valence-electron chi connectivity index (χ1n) is 7.87. The summed E-state index contributed by atoms with van der Waals surface area (Å²) in [6, 6.07) is 10.3.